The van der Waals surface area contributed by atoms with Crippen molar-refractivity contribution in [2.45, 2.75) is 59.3 Å². The topological polar surface area (TPSA) is 12.4 Å². The molecule has 0 aliphatic rings. The van der Waals surface area contributed by atoms with E-state index >= 15 is 0 Å². The molecule has 0 fully saturated rings. The third-order valence-electron chi connectivity index (χ3n) is 4.31. The molecule has 2 aromatic carbocycles. The Bertz CT molecular complexity index is 921. The highest BCUT2D eigenvalue weighted by atomic mass is 14.7. The number of nitrogens with zero attached hydrogens (tertiary/aromatic N) is 1. The maximum absolute atomic E-state index is 4.24. The van der Waals surface area contributed by atoms with E-state index in [4.69, 9.17) is 0 Å². The Labute approximate surface area is 164 Å². The summed E-state index contributed by atoms with van der Waals surface area (Å²) in [6.07, 6.45) is 0. The zero-order valence-electron chi connectivity index (χ0n) is 17.6. The summed E-state index contributed by atoms with van der Waals surface area (Å²) in [5.74, 6) is 9.29. The molecule has 0 atom stereocenters. The second kappa shape index (κ2) is 8.28. The third-order valence-corrected chi connectivity index (χ3v) is 4.31. The minimum atomic E-state index is 0.154. The number of benzene rings is 2. The van der Waals surface area contributed by atoms with Crippen LogP contribution < -0.4 is 0 Å². The van der Waals surface area contributed by atoms with Gasteiger partial charge in [-0.1, -0.05) is 71.7 Å². The van der Waals surface area contributed by atoms with Gasteiger partial charge in [-0.05, 0) is 65.0 Å². The molecule has 0 aliphatic heterocycles. The Morgan fingerprint density at radius 1 is 0.667 bits per heavy atom. The number of aliphatic imine (C=N–C) groups is 1. The van der Waals surface area contributed by atoms with Gasteiger partial charge in [0.15, 0.2) is 0 Å². The monoisotopic (exact) mass is 355 g/mol. The van der Waals surface area contributed by atoms with Crippen LogP contribution in [0.4, 0.5) is 0 Å². The van der Waals surface area contributed by atoms with E-state index in [2.05, 4.69) is 107 Å². The number of hydrogen-bond acceptors (Lipinski definition) is 1. The Kier molecular flexibility index (Phi) is 6.30. The second-order valence-corrected chi connectivity index (χ2v) is 8.84. The predicted octanol–water partition coefficient (Wildman–Crippen LogP) is 6.10. The van der Waals surface area contributed by atoms with Crippen molar-refractivity contribution < 1.29 is 0 Å². The Morgan fingerprint density at radius 2 is 1.07 bits per heavy atom. The van der Waals surface area contributed by atoms with Crippen molar-refractivity contribution in [3.8, 4) is 23.8 Å². The van der Waals surface area contributed by atoms with Gasteiger partial charge < -0.3 is 0 Å². The molecule has 1 heteroatoms. The summed E-state index contributed by atoms with van der Waals surface area (Å²) in [5, 5.41) is 0. The van der Waals surface area contributed by atoms with Gasteiger partial charge in [-0.15, -0.1) is 0 Å². The van der Waals surface area contributed by atoms with Crippen LogP contribution in [-0.2, 0) is 10.8 Å². The van der Waals surface area contributed by atoms with Crippen LogP contribution in [0, 0.1) is 23.8 Å². The molecule has 0 heterocycles. The minimum absolute atomic E-state index is 0.154. The molecule has 0 radical (unpaired) electrons. The van der Waals surface area contributed by atoms with Crippen molar-refractivity contribution in [1.82, 2.24) is 0 Å². The molecular weight excluding hydrogens is 326 g/mol. The normalized spacial score (nSPS) is 11.9. The van der Waals surface area contributed by atoms with Crippen molar-refractivity contribution in [2.24, 2.45) is 4.99 Å². The molecule has 0 aliphatic carbocycles. The molecular formula is C26H29N. The SMILES string of the molecule is CC(C#Cc1ccc(C(C)(C)C)cc1)=NC#Cc1ccc(C(C)(C)C)cc1. The molecule has 0 saturated carbocycles. The minimum Gasteiger partial charge on any atom is -0.193 e. The molecule has 0 saturated heterocycles. The molecule has 27 heavy (non-hydrogen) atoms. The summed E-state index contributed by atoms with van der Waals surface area (Å²) in [4.78, 5) is 4.24. The predicted molar refractivity (Wildman–Crippen MR) is 117 cm³/mol. The van der Waals surface area contributed by atoms with Gasteiger partial charge in [0.25, 0.3) is 0 Å². The average molecular weight is 356 g/mol. The summed E-state index contributed by atoms with van der Waals surface area (Å²) >= 11 is 0. The van der Waals surface area contributed by atoms with Gasteiger partial charge in [0, 0.05) is 17.2 Å². The fourth-order valence-electron chi connectivity index (χ4n) is 2.47. The van der Waals surface area contributed by atoms with E-state index < -0.39 is 0 Å². The largest absolute Gasteiger partial charge is 0.193 e. The van der Waals surface area contributed by atoms with Crippen molar-refractivity contribution in [1.29, 1.82) is 0 Å². The maximum atomic E-state index is 4.24. The van der Waals surface area contributed by atoms with E-state index in [1.54, 1.807) is 0 Å². The first-order valence-electron chi connectivity index (χ1n) is 9.34. The quantitative estimate of drug-likeness (QED) is 0.400. The summed E-state index contributed by atoms with van der Waals surface area (Å²) in [6.45, 7) is 15.1. The second-order valence-electron chi connectivity index (χ2n) is 8.84. The van der Waals surface area contributed by atoms with E-state index in [0.29, 0.717) is 5.71 Å². The van der Waals surface area contributed by atoms with Crippen LogP contribution in [-0.4, -0.2) is 5.71 Å². The first-order valence-corrected chi connectivity index (χ1v) is 9.34. The van der Waals surface area contributed by atoms with E-state index in [1.165, 1.54) is 11.1 Å². The lowest BCUT2D eigenvalue weighted by atomic mass is 9.87. The molecule has 138 valence electrons. The Hall–Kier alpha value is -2.77. The summed E-state index contributed by atoms with van der Waals surface area (Å²) in [6, 6.07) is 19.6. The standard InChI is InChI=1S/C26H29N/c1-20(8-9-21-10-14-23(15-11-21)25(2,3)4)27-19-18-22-12-16-24(17-13-22)26(5,6)7/h10-17H,1-7H3. The summed E-state index contributed by atoms with van der Waals surface area (Å²) in [7, 11) is 0. The molecule has 2 aromatic rings. The molecule has 0 bridgehead atoms. The average Bonchev–Trinajstić information content (AvgIpc) is 2.59. The van der Waals surface area contributed by atoms with Crippen LogP contribution in [0.25, 0.3) is 0 Å². The zero-order chi connectivity index (χ0) is 20.1. The van der Waals surface area contributed by atoms with Gasteiger partial charge in [-0.2, -0.15) is 4.99 Å². The first-order chi connectivity index (χ1) is 12.6. The molecule has 0 amide bonds. The van der Waals surface area contributed by atoms with Crippen LogP contribution in [0.5, 0.6) is 0 Å². The van der Waals surface area contributed by atoms with Gasteiger partial charge in [0.1, 0.15) is 0 Å². The van der Waals surface area contributed by atoms with Crippen molar-refractivity contribution in [3.05, 3.63) is 70.8 Å². The van der Waals surface area contributed by atoms with Gasteiger partial charge in [-0.25, -0.2) is 0 Å². The highest BCUT2D eigenvalue weighted by molar-refractivity contribution is 5.99. The van der Waals surface area contributed by atoms with Gasteiger partial charge in [-0.3, -0.25) is 0 Å². The first kappa shape index (κ1) is 20.5. The van der Waals surface area contributed by atoms with Crippen LogP contribution in [0.15, 0.2) is 53.5 Å². The molecule has 0 aromatic heterocycles. The van der Waals surface area contributed by atoms with Gasteiger partial charge in [0.2, 0.25) is 0 Å². The number of rotatable bonds is 0. The van der Waals surface area contributed by atoms with Crippen molar-refractivity contribution in [2.75, 3.05) is 0 Å². The molecule has 0 N–H and O–H groups in total. The van der Waals surface area contributed by atoms with E-state index in [1.807, 2.05) is 19.1 Å². The third kappa shape index (κ3) is 6.47. The van der Waals surface area contributed by atoms with Crippen LogP contribution in [0.1, 0.15) is 70.7 Å². The zero-order valence-corrected chi connectivity index (χ0v) is 17.6. The molecule has 0 spiro atoms. The smallest absolute Gasteiger partial charge is 0.0979 e. The van der Waals surface area contributed by atoms with Crippen molar-refractivity contribution >= 4 is 5.71 Å². The summed E-state index contributed by atoms with van der Waals surface area (Å²) < 4.78 is 0. The highest BCUT2D eigenvalue weighted by Gasteiger charge is 2.13. The molecule has 2 rings (SSSR count). The fraction of sp³-hybridized carbons (Fsp3) is 0.346. The lowest BCUT2D eigenvalue weighted by Crippen LogP contribution is -2.10. The lowest BCUT2D eigenvalue weighted by molar-refractivity contribution is 0.590. The summed E-state index contributed by atoms with van der Waals surface area (Å²) in [5.41, 5.74) is 5.59. The fourth-order valence-corrected chi connectivity index (χ4v) is 2.47. The van der Waals surface area contributed by atoms with Gasteiger partial charge >= 0.3 is 0 Å². The van der Waals surface area contributed by atoms with Crippen LogP contribution >= 0.6 is 0 Å². The van der Waals surface area contributed by atoms with Crippen LogP contribution in [0.3, 0.4) is 0 Å². The van der Waals surface area contributed by atoms with E-state index in [0.717, 1.165) is 11.1 Å². The lowest BCUT2D eigenvalue weighted by Gasteiger charge is -2.18. The van der Waals surface area contributed by atoms with E-state index in [9.17, 15) is 0 Å². The van der Waals surface area contributed by atoms with E-state index in [-0.39, 0.29) is 10.8 Å². The number of hydrogen-bond donors (Lipinski definition) is 0. The van der Waals surface area contributed by atoms with Crippen LogP contribution in [0.2, 0.25) is 0 Å². The molecule has 0 unspecified atom stereocenters. The highest BCUT2D eigenvalue weighted by Crippen LogP contribution is 2.22. The van der Waals surface area contributed by atoms with Crippen molar-refractivity contribution in [3.63, 3.8) is 0 Å². The van der Waals surface area contributed by atoms with Gasteiger partial charge in [0.05, 0.1) is 5.71 Å². The Balaban J connectivity index is 2.06. The molecule has 1 nitrogen and oxygen atoms in total. The Morgan fingerprint density at radius 3 is 1.48 bits per heavy atom. The maximum Gasteiger partial charge on any atom is 0.0979 e.